The largest absolute Gasteiger partial charge is 0.496 e. The maximum Gasteiger partial charge on any atom is 0.131 e. The van der Waals surface area contributed by atoms with E-state index in [9.17, 15) is 4.39 Å². The normalized spacial score (nSPS) is 9.85. The summed E-state index contributed by atoms with van der Waals surface area (Å²) in [7, 11) is 2.82. The second-order valence-electron chi connectivity index (χ2n) is 2.45. The number of ether oxygens (including phenoxy) is 2. The Morgan fingerprint density at radius 2 is 1.69 bits per heavy atom. The zero-order chi connectivity index (χ0) is 9.84. The van der Waals surface area contributed by atoms with Crippen LogP contribution in [0, 0.1) is 5.82 Å². The Kier molecular flexibility index (Phi) is 3.08. The molecule has 72 valence electrons. The monoisotopic (exact) mass is 186 g/mol. The van der Waals surface area contributed by atoms with Crippen molar-refractivity contribution in [1.29, 1.82) is 0 Å². The van der Waals surface area contributed by atoms with Gasteiger partial charge in [0.05, 0.1) is 26.4 Å². The third-order valence-corrected chi connectivity index (χ3v) is 1.73. The van der Waals surface area contributed by atoms with Crippen LogP contribution in [0.15, 0.2) is 12.1 Å². The van der Waals surface area contributed by atoms with Crippen LogP contribution in [0.3, 0.4) is 0 Å². The van der Waals surface area contributed by atoms with Crippen molar-refractivity contribution in [2.75, 3.05) is 14.2 Å². The number of aliphatic hydroxyl groups is 1. The number of aliphatic hydroxyl groups excluding tert-OH is 1. The fraction of sp³-hybridized carbons (Fsp3) is 0.333. The van der Waals surface area contributed by atoms with E-state index in [1.165, 1.54) is 26.4 Å². The van der Waals surface area contributed by atoms with Crippen LogP contribution in [0.1, 0.15) is 5.56 Å². The number of halogens is 1. The highest BCUT2D eigenvalue weighted by Crippen LogP contribution is 2.29. The summed E-state index contributed by atoms with van der Waals surface area (Å²) in [6.45, 7) is -0.243. The number of rotatable bonds is 3. The summed E-state index contributed by atoms with van der Waals surface area (Å²) >= 11 is 0. The summed E-state index contributed by atoms with van der Waals surface area (Å²) in [4.78, 5) is 0. The standard InChI is InChI=1S/C9H11FO3/c1-12-8-3-6(10)4-9(13-2)7(8)5-11/h3-4,11H,5H2,1-2H3. The second-order valence-corrected chi connectivity index (χ2v) is 2.45. The first kappa shape index (κ1) is 9.80. The van der Waals surface area contributed by atoms with Gasteiger partial charge in [0, 0.05) is 12.1 Å². The zero-order valence-electron chi connectivity index (χ0n) is 7.50. The highest BCUT2D eigenvalue weighted by atomic mass is 19.1. The van der Waals surface area contributed by atoms with Gasteiger partial charge in [0.25, 0.3) is 0 Å². The summed E-state index contributed by atoms with van der Waals surface area (Å²) in [6, 6.07) is 2.40. The lowest BCUT2D eigenvalue weighted by Crippen LogP contribution is -1.97. The fourth-order valence-electron chi connectivity index (χ4n) is 1.11. The van der Waals surface area contributed by atoms with Gasteiger partial charge in [-0.25, -0.2) is 4.39 Å². The van der Waals surface area contributed by atoms with Gasteiger partial charge in [-0.15, -0.1) is 0 Å². The van der Waals surface area contributed by atoms with Crippen LogP contribution in [0.25, 0.3) is 0 Å². The van der Waals surface area contributed by atoms with E-state index in [1.807, 2.05) is 0 Å². The molecule has 3 nitrogen and oxygen atoms in total. The molecule has 0 fully saturated rings. The van der Waals surface area contributed by atoms with Crippen molar-refractivity contribution in [1.82, 2.24) is 0 Å². The number of benzene rings is 1. The summed E-state index contributed by atoms with van der Waals surface area (Å²) in [5.41, 5.74) is 0.450. The molecule has 0 saturated heterocycles. The minimum atomic E-state index is -0.453. The molecule has 4 heteroatoms. The highest BCUT2D eigenvalue weighted by molar-refractivity contribution is 5.44. The first-order valence-electron chi connectivity index (χ1n) is 3.74. The maximum absolute atomic E-state index is 12.9. The average Bonchev–Trinajstić information content (AvgIpc) is 2.16. The third-order valence-electron chi connectivity index (χ3n) is 1.73. The molecule has 1 rings (SSSR count). The fourth-order valence-corrected chi connectivity index (χ4v) is 1.11. The van der Waals surface area contributed by atoms with Crippen LogP contribution in [0.2, 0.25) is 0 Å². The smallest absolute Gasteiger partial charge is 0.131 e. The maximum atomic E-state index is 12.9. The van der Waals surface area contributed by atoms with Crippen molar-refractivity contribution >= 4 is 0 Å². The van der Waals surface area contributed by atoms with Crippen LogP contribution < -0.4 is 9.47 Å². The molecule has 1 aromatic rings. The first-order valence-corrected chi connectivity index (χ1v) is 3.74. The molecule has 0 spiro atoms. The van der Waals surface area contributed by atoms with Crippen LogP contribution in [-0.2, 0) is 6.61 Å². The molecular weight excluding hydrogens is 175 g/mol. The highest BCUT2D eigenvalue weighted by Gasteiger charge is 2.10. The molecule has 0 aliphatic rings. The Morgan fingerprint density at radius 1 is 1.23 bits per heavy atom. The molecule has 0 aliphatic carbocycles. The lowest BCUT2D eigenvalue weighted by atomic mass is 10.2. The van der Waals surface area contributed by atoms with Crippen LogP contribution in [0.5, 0.6) is 11.5 Å². The second kappa shape index (κ2) is 4.09. The summed E-state index contributed by atoms with van der Waals surface area (Å²) in [5, 5.41) is 8.97. The number of hydrogen-bond donors (Lipinski definition) is 1. The van der Waals surface area contributed by atoms with E-state index >= 15 is 0 Å². The van der Waals surface area contributed by atoms with Crippen LogP contribution in [-0.4, -0.2) is 19.3 Å². The SMILES string of the molecule is COc1cc(F)cc(OC)c1CO. The molecule has 1 aromatic carbocycles. The first-order chi connectivity index (χ1) is 6.22. The van der Waals surface area contributed by atoms with E-state index in [0.29, 0.717) is 17.1 Å². The molecule has 0 aromatic heterocycles. The summed E-state index contributed by atoms with van der Waals surface area (Å²) in [5.74, 6) is 0.129. The number of methoxy groups -OCH3 is 2. The predicted octanol–water partition coefficient (Wildman–Crippen LogP) is 1.34. The van der Waals surface area contributed by atoms with E-state index in [4.69, 9.17) is 14.6 Å². The topological polar surface area (TPSA) is 38.7 Å². The Labute approximate surface area is 75.7 Å². The van der Waals surface area contributed by atoms with Crippen molar-refractivity contribution in [3.63, 3.8) is 0 Å². The van der Waals surface area contributed by atoms with Gasteiger partial charge in [-0.2, -0.15) is 0 Å². The molecule has 0 aliphatic heterocycles. The molecule has 0 heterocycles. The van der Waals surface area contributed by atoms with Gasteiger partial charge in [-0.05, 0) is 0 Å². The van der Waals surface area contributed by atoms with E-state index in [-0.39, 0.29) is 6.61 Å². The van der Waals surface area contributed by atoms with Crippen LogP contribution >= 0.6 is 0 Å². The lowest BCUT2D eigenvalue weighted by molar-refractivity contribution is 0.264. The lowest BCUT2D eigenvalue weighted by Gasteiger charge is -2.10. The third kappa shape index (κ3) is 1.89. The molecule has 0 atom stereocenters. The molecule has 0 saturated carbocycles. The Morgan fingerprint density at radius 3 is 2.00 bits per heavy atom. The van der Waals surface area contributed by atoms with Gasteiger partial charge >= 0.3 is 0 Å². The minimum absolute atomic E-state index is 0.243. The van der Waals surface area contributed by atoms with Crippen molar-refractivity contribution in [3.8, 4) is 11.5 Å². The minimum Gasteiger partial charge on any atom is -0.496 e. The molecule has 0 bridgehead atoms. The van der Waals surface area contributed by atoms with Gasteiger partial charge in [-0.1, -0.05) is 0 Å². The molecule has 1 N–H and O–H groups in total. The number of hydrogen-bond acceptors (Lipinski definition) is 3. The van der Waals surface area contributed by atoms with E-state index < -0.39 is 5.82 Å². The van der Waals surface area contributed by atoms with Gasteiger partial charge < -0.3 is 14.6 Å². The van der Waals surface area contributed by atoms with Crippen molar-refractivity contribution in [2.45, 2.75) is 6.61 Å². The van der Waals surface area contributed by atoms with Crippen molar-refractivity contribution < 1.29 is 19.0 Å². The van der Waals surface area contributed by atoms with Gasteiger partial charge in [0.2, 0.25) is 0 Å². The Hall–Kier alpha value is -1.29. The Bertz CT molecular complexity index is 274. The molecule has 0 radical (unpaired) electrons. The van der Waals surface area contributed by atoms with Crippen molar-refractivity contribution in [3.05, 3.63) is 23.5 Å². The van der Waals surface area contributed by atoms with Gasteiger partial charge in [-0.3, -0.25) is 0 Å². The van der Waals surface area contributed by atoms with E-state index in [1.54, 1.807) is 0 Å². The van der Waals surface area contributed by atoms with Crippen molar-refractivity contribution in [2.24, 2.45) is 0 Å². The van der Waals surface area contributed by atoms with Gasteiger partial charge in [0.1, 0.15) is 17.3 Å². The van der Waals surface area contributed by atoms with E-state index in [0.717, 1.165) is 0 Å². The van der Waals surface area contributed by atoms with Gasteiger partial charge in [0.15, 0.2) is 0 Å². The molecule has 0 unspecified atom stereocenters. The summed E-state index contributed by atoms with van der Waals surface area (Å²) in [6.07, 6.45) is 0. The zero-order valence-corrected chi connectivity index (χ0v) is 7.50. The van der Waals surface area contributed by atoms with Crippen LogP contribution in [0.4, 0.5) is 4.39 Å². The molecule has 13 heavy (non-hydrogen) atoms. The predicted molar refractivity (Wildman–Crippen MR) is 45.4 cm³/mol. The van der Waals surface area contributed by atoms with E-state index in [2.05, 4.69) is 0 Å². The quantitative estimate of drug-likeness (QED) is 0.774. The average molecular weight is 186 g/mol. The molecule has 0 amide bonds. The summed E-state index contributed by atoms with van der Waals surface area (Å²) < 4.78 is 22.6. The molecular formula is C9H11FO3. The Balaban J connectivity index is 3.25.